The summed E-state index contributed by atoms with van der Waals surface area (Å²) < 4.78 is 5.84. The van der Waals surface area contributed by atoms with Gasteiger partial charge in [0.25, 0.3) is 0 Å². The summed E-state index contributed by atoms with van der Waals surface area (Å²) in [5.41, 5.74) is 0.220. The molecule has 0 atom stereocenters. The lowest BCUT2D eigenvalue weighted by Crippen LogP contribution is -2.46. The van der Waals surface area contributed by atoms with Crippen LogP contribution in [0.4, 0.5) is 0 Å². The zero-order valence-electron chi connectivity index (χ0n) is 11.7. The average Bonchev–Trinajstić information content (AvgIpc) is 2.40. The molecule has 19 heavy (non-hydrogen) atoms. The standard InChI is InChI=1S/C16H22O3/c1-12(2)13-6-8-14(9-7-13)19-16(15(17)18)10-4-3-5-11-16/h6-9,12H,3-5,10-11H2,1-2H3,(H,17,18). The van der Waals surface area contributed by atoms with Crippen LogP contribution in [0.2, 0.25) is 0 Å². The Hall–Kier alpha value is -1.51. The van der Waals surface area contributed by atoms with E-state index in [0.717, 1.165) is 19.3 Å². The molecule has 2 rings (SSSR count). The van der Waals surface area contributed by atoms with Crippen molar-refractivity contribution in [2.45, 2.75) is 57.5 Å². The van der Waals surface area contributed by atoms with E-state index in [2.05, 4.69) is 13.8 Å². The number of carbonyl (C=O) groups is 1. The van der Waals surface area contributed by atoms with Crippen LogP contribution in [0.15, 0.2) is 24.3 Å². The second kappa shape index (κ2) is 5.64. The number of benzene rings is 1. The highest BCUT2D eigenvalue weighted by molar-refractivity contribution is 5.78. The van der Waals surface area contributed by atoms with E-state index in [-0.39, 0.29) is 0 Å². The highest BCUT2D eigenvalue weighted by Gasteiger charge is 2.42. The van der Waals surface area contributed by atoms with Crippen molar-refractivity contribution in [2.75, 3.05) is 0 Å². The Bertz CT molecular complexity index is 428. The Morgan fingerprint density at radius 1 is 1.16 bits per heavy atom. The van der Waals surface area contributed by atoms with Gasteiger partial charge in [-0.15, -0.1) is 0 Å². The van der Waals surface area contributed by atoms with Gasteiger partial charge in [0.2, 0.25) is 5.60 Å². The van der Waals surface area contributed by atoms with Crippen LogP contribution < -0.4 is 4.74 Å². The molecule has 0 aliphatic heterocycles. The van der Waals surface area contributed by atoms with Crippen molar-refractivity contribution >= 4 is 5.97 Å². The van der Waals surface area contributed by atoms with E-state index in [1.165, 1.54) is 5.56 Å². The van der Waals surface area contributed by atoms with Gasteiger partial charge in [0.15, 0.2) is 0 Å². The Balaban J connectivity index is 2.15. The van der Waals surface area contributed by atoms with Crippen molar-refractivity contribution in [3.63, 3.8) is 0 Å². The minimum Gasteiger partial charge on any atom is -0.478 e. The number of rotatable bonds is 4. The molecule has 0 heterocycles. The van der Waals surface area contributed by atoms with Crippen LogP contribution in [-0.4, -0.2) is 16.7 Å². The number of ether oxygens (including phenoxy) is 1. The van der Waals surface area contributed by atoms with Crippen LogP contribution in [0.25, 0.3) is 0 Å². The van der Waals surface area contributed by atoms with Crippen molar-refractivity contribution in [3.05, 3.63) is 29.8 Å². The zero-order chi connectivity index (χ0) is 13.9. The molecule has 0 amide bonds. The molecule has 1 aromatic carbocycles. The Morgan fingerprint density at radius 2 is 1.74 bits per heavy atom. The molecular formula is C16H22O3. The summed E-state index contributed by atoms with van der Waals surface area (Å²) in [5.74, 6) is 0.297. The average molecular weight is 262 g/mol. The van der Waals surface area contributed by atoms with Crippen LogP contribution in [0, 0.1) is 0 Å². The smallest absolute Gasteiger partial charge is 0.348 e. The van der Waals surface area contributed by atoms with Crippen LogP contribution in [0.5, 0.6) is 5.75 Å². The molecule has 0 saturated heterocycles. The molecule has 1 aliphatic carbocycles. The summed E-state index contributed by atoms with van der Waals surface area (Å²) in [6.07, 6.45) is 4.17. The third-order valence-electron chi connectivity index (χ3n) is 3.91. The fourth-order valence-electron chi connectivity index (χ4n) is 2.63. The van der Waals surface area contributed by atoms with Gasteiger partial charge in [0, 0.05) is 0 Å². The fraction of sp³-hybridized carbons (Fsp3) is 0.562. The molecule has 1 aliphatic rings. The molecule has 1 N–H and O–H groups in total. The molecule has 1 fully saturated rings. The minimum atomic E-state index is -1.02. The normalized spacial score (nSPS) is 18.3. The predicted octanol–water partition coefficient (Wildman–Crippen LogP) is 3.98. The molecule has 104 valence electrons. The summed E-state index contributed by atoms with van der Waals surface area (Å²) in [7, 11) is 0. The molecule has 0 spiro atoms. The number of carboxylic acid groups (broad SMARTS) is 1. The van der Waals surface area contributed by atoms with Crippen molar-refractivity contribution in [1.82, 2.24) is 0 Å². The van der Waals surface area contributed by atoms with Crippen molar-refractivity contribution in [1.29, 1.82) is 0 Å². The van der Waals surface area contributed by atoms with E-state index in [0.29, 0.717) is 24.5 Å². The maximum Gasteiger partial charge on any atom is 0.348 e. The lowest BCUT2D eigenvalue weighted by molar-refractivity contribution is -0.158. The molecule has 0 unspecified atom stereocenters. The first-order valence-corrected chi connectivity index (χ1v) is 7.06. The quantitative estimate of drug-likeness (QED) is 0.892. The van der Waals surface area contributed by atoms with Crippen LogP contribution >= 0.6 is 0 Å². The Labute approximate surface area is 114 Å². The largest absolute Gasteiger partial charge is 0.478 e. The molecule has 0 radical (unpaired) electrons. The van der Waals surface area contributed by atoms with Gasteiger partial charge in [0.1, 0.15) is 5.75 Å². The van der Waals surface area contributed by atoms with Crippen molar-refractivity contribution < 1.29 is 14.6 Å². The molecule has 1 saturated carbocycles. The van der Waals surface area contributed by atoms with Crippen molar-refractivity contribution in [2.24, 2.45) is 0 Å². The van der Waals surface area contributed by atoms with E-state index in [1.807, 2.05) is 24.3 Å². The molecule has 1 aromatic rings. The van der Waals surface area contributed by atoms with Gasteiger partial charge in [-0.05, 0) is 49.3 Å². The maximum absolute atomic E-state index is 11.5. The minimum absolute atomic E-state index is 0.470. The SMILES string of the molecule is CC(C)c1ccc(OC2(C(=O)O)CCCCC2)cc1. The molecule has 3 heteroatoms. The van der Waals surface area contributed by atoms with Gasteiger partial charge < -0.3 is 9.84 Å². The van der Waals surface area contributed by atoms with Crippen molar-refractivity contribution in [3.8, 4) is 5.75 Å². The maximum atomic E-state index is 11.5. The number of carboxylic acids is 1. The molecule has 0 aromatic heterocycles. The Morgan fingerprint density at radius 3 is 2.21 bits per heavy atom. The fourth-order valence-corrected chi connectivity index (χ4v) is 2.63. The number of aliphatic carboxylic acids is 1. The van der Waals surface area contributed by atoms with E-state index in [9.17, 15) is 9.90 Å². The predicted molar refractivity (Wildman–Crippen MR) is 74.6 cm³/mol. The Kier molecular flexibility index (Phi) is 4.13. The van der Waals surface area contributed by atoms with Gasteiger partial charge in [-0.25, -0.2) is 4.79 Å². The monoisotopic (exact) mass is 262 g/mol. The van der Waals surface area contributed by atoms with Gasteiger partial charge in [0.05, 0.1) is 0 Å². The topological polar surface area (TPSA) is 46.5 Å². The van der Waals surface area contributed by atoms with Crippen LogP contribution in [-0.2, 0) is 4.79 Å². The van der Waals surface area contributed by atoms with E-state index < -0.39 is 11.6 Å². The number of hydrogen-bond acceptors (Lipinski definition) is 2. The first-order valence-electron chi connectivity index (χ1n) is 7.06. The molecule has 0 bridgehead atoms. The first-order chi connectivity index (χ1) is 9.03. The van der Waals surface area contributed by atoms with E-state index in [4.69, 9.17) is 4.74 Å². The van der Waals surface area contributed by atoms with Crippen LogP contribution in [0.3, 0.4) is 0 Å². The zero-order valence-corrected chi connectivity index (χ0v) is 11.7. The third-order valence-corrected chi connectivity index (χ3v) is 3.91. The van der Waals surface area contributed by atoms with Gasteiger partial charge in [-0.1, -0.05) is 32.4 Å². The first kappa shape index (κ1) is 13.9. The highest BCUT2D eigenvalue weighted by Crippen LogP contribution is 2.33. The van der Waals surface area contributed by atoms with E-state index >= 15 is 0 Å². The molecule has 3 nitrogen and oxygen atoms in total. The summed E-state index contributed by atoms with van der Waals surface area (Å²) in [5, 5.41) is 9.47. The second-order valence-electron chi connectivity index (χ2n) is 5.69. The molecular weight excluding hydrogens is 240 g/mol. The van der Waals surface area contributed by atoms with Gasteiger partial charge >= 0.3 is 5.97 Å². The third kappa shape index (κ3) is 3.09. The van der Waals surface area contributed by atoms with Crippen LogP contribution in [0.1, 0.15) is 57.4 Å². The lowest BCUT2D eigenvalue weighted by atomic mass is 9.84. The summed E-state index contributed by atoms with van der Waals surface area (Å²) in [6, 6.07) is 7.79. The van der Waals surface area contributed by atoms with E-state index in [1.54, 1.807) is 0 Å². The number of hydrogen-bond donors (Lipinski definition) is 1. The second-order valence-corrected chi connectivity index (χ2v) is 5.69. The summed E-state index contributed by atoms with van der Waals surface area (Å²) in [4.78, 5) is 11.5. The van der Waals surface area contributed by atoms with Gasteiger partial charge in [-0.3, -0.25) is 0 Å². The highest BCUT2D eigenvalue weighted by atomic mass is 16.5. The summed E-state index contributed by atoms with van der Waals surface area (Å²) >= 11 is 0. The summed E-state index contributed by atoms with van der Waals surface area (Å²) in [6.45, 7) is 4.27. The lowest BCUT2D eigenvalue weighted by Gasteiger charge is -2.33. The van der Waals surface area contributed by atoms with Gasteiger partial charge in [-0.2, -0.15) is 0 Å².